The molecule has 0 aliphatic carbocycles. The van der Waals surface area contributed by atoms with Gasteiger partial charge in [-0.25, -0.2) is 0 Å². The standard InChI is InChI=1S/C27H24Br2N2O3/c1-3-33-22-11-9-21(10-12-22)31-27(32)20(17-30)13-18-14-25(29)23(26(15-18)34-4-2)16-19-7-5-6-8-24(19)28/h5-15H,3-4,16H2,1-2H3,(H,31,32)/b20-13+. The summed E-state index contributed by atoms with van der Waals surface area (Å²) in [5, 5.41) is 12.4. The molecule has 0 aromatic heterocycles. The molecule has 0 bridgehead atoms. The second kappa shape index (κ2) is 12.4. The highest BCUT2D eigenvalue weighted by Gasteiger charge is 2.15. The Labute approximate surface area is 216 Å². The smallest absolute Gasteiger partial charge is 0.266 e. The maximum atomic E-state index is 12.7. The fourth-order valence-electron chi connectivity index (χ4n) is 3.32. The molecule has 0 aliphatic heterocycles. The second-order valence-electron chi connectivity index (χ2n) is 7.26. The molecular weight excluding hydrogens is 560 g/mol. The van der Waals surface area contributed by atoms with Gasteiger partial charge < -0.3 is 14.8 Å². The Morgan fingerprint density at radius 3 is 2.35 bits per heavy atom. The second-order valence-corrected chi connectivity index (χ2v) is 8.97. The quantitative estimate of drug-likeness (QED) is 0.214. The molecule has 0 spiro atoms. The van der Waals surface area contributed by atoms with E-state index in [1.54, 1.807) is 30.3 Å². The van der Waals surface area contributed by atoms with E-state index in [4.69, 9.17) is 9.47 Å². The number of hydrogen-bond donors (Lipinski definition) is 1. The van der Waals surface area contributed by atoms with Gasteiger partial charge >= 0.3 is 0 Å². The first-order chi connectivity index (χ1) is 16.4. The number of carbonyl (C=O) groups is 1. The molecule has 34 heavy (non-hydrogen) atoms. The molecule has 3 aromatic carbocycles. The number of nitrogens with zero attached hydrogens (tertiary/aromatic N) is 1. The topological polar surface area (TPSA) is 71.3 Å². The Hall–Kier alpha value is -3.08. The summed E-state index contributed by atoms with van der Waals surface area (Å²) in [4.78, 5) is 12.7. The molecule has 0 saturated heterocycles. The number of benzene rings is 3. The zero-order chi connectivity index (χ0) is 24.5. The van der Waals surface area contributed by atoms with E-state index in [9.17, 15) is 10.1 Å². The number of ether oxygens (including phenoxy) is 2. The Balaban J connectivity index is 1.86. The highest BCUT2D eigenvalue weighted by atomic mass is 79.9. The van der Waals surface area contributed by atoms with Crippen molar-refractivity contribution in [3.63, 3.8) is 0 Å². The van der Waals surface area contributed by atoms with Crippen molar-refractivity contribution >= 4 is 49.5 Å². The van der Waals surface area contributed by atoms with Crippen molar-refractivity contribution in [2.45, 2.75) is 20.3 Å². The normalized spacial score (nSPS) is 11.0. The lowest BCUT2D eigenvalue weighted by Crippen LogP contribution is -2.13. The summed E-state index contributed by atoms with van der Waals surface area (Å²) in [5.74, 6) is 0.925. The van der Waals surface area contributed by atoms with Crippen LogP contribution in [0.3, 0.4) is 0 Å². The number of amides is 1. The number of nitrogens with one attached hydrogen (secondary N) is 1. The summed E-state index contributed by atoms with van der Waals surface area (Å²) >= 11 is 7.25. The van der Waals surface area contributed by atoms with Crippen LogP contribution < -0.4 is 14.8 Å². The van der Waals surface area contributed by atoms with Crippen molar-refractivity contribution in [1.82, 2.24) is 0 Å². The summed E-state index contributed by atoms with van der Waals surface area (Å²) in [5.41, 5.74) is 3.36. The van der Waals surface area contributed by atoms with Crippen LogP contribution in [-0.2, 0) is 11.2 Å². The van der Waals surface area contributed by atoms with Crippen LogP contribution in [-0.4, -0.2) is 19.1 Å². The molecule has 5 nitrogen and oxygen atoms in total. The van der Waals surface area contributed by atoms with Crippen LogP contribution in [0.25, 0.3) is 6.08 Å². The molecule has 3 aromatic rings. The van der Waals surface area contributed by atoms with Crippen LogP contribution in [0.1, 0.15) is 30.5 Å². The summed E-state index contributed by atoms with van der Waals surface area (Å²) in [6, 6.07) is 20.8. The molecule has 3 rings (SSSR count). The van der Waals surface area contributed by atoms with E-state index in [0.717, 1.165) is 20.1 Å². The molecule has 0 unspecified atom stereocenters. The van der Waals surface area contributed by atoms with Gasteiger partial charge in [-0.05, 0) is 73.5 Å². The monoisotopic (exact) mass is 582 g/mol. The SMILES string of the molecule is CCOc1ccc(NC(=O)/C(C#N)=C/c2cc(Br)c(Cc3ccccc3Br)c(OCC)c2)cc1. The Bertz CT molecular complexity index is 1230. The molecule has 0 heterocycles. The van der Waals surface area contributed by atoms with E-state index >= 15 is 0 Å². The third-order valence-electron chi connectivity index (χ3n) is 4.90. The Morgan fingerprint density at radius 2 is 1.71 bits per heavy atom. The highest BCUT2D eigenvalue weighted by Crippen LogP contribution is 2.34. The molecule has 0 fully saturated rings. The molecule has 1 N–H and O–H groups in total. The van der Waals surface area contributed by atoms with E-state index in [2.05, 4.69) is 43.2 Å². The summed E-state index contributed by atoms with van der Waals surface area (Å²) in [6.07, 6.45) is 2.21. The summed E-state index contributed by atoms with van der Waals surface area (Å²) in [6.45, 7) is 4.88. The maximum absolute atomic E-state index is 12.7. The van der Waals surface area contributed by atoms with Crippen LogP contribution in [0, 0.1) is 11.3 Å². The average molecular weight is 584 g/mol. The number of halogens is 2. The van der Waals surface area contributed by atoms with Crippen molar-refractivity contribution in [3.05, 3.63) is 91.9 Å². The van der Waals surface area contributed by atoms with E-state index in [1.807, 2.05) is 50.2 Å². The molecule has 0 aliphatic rings. The zero-order valence-electron chi connectivity index (χ0n) is 18.9. The van der Waals surface area contributed by atoms with Crippen molar-refractivity contribution < 1.29 is 14.3 Å². The summed E-state index contributed by atoms with van der Waals surface area (Å²) < 4.78 is 13.2. The fraction of sp³-hybridized carbons (Fsp3) is 0.185. The molecule has 1 amide bonds. The van der Waals surface area contributed by atoms with Crippen LogP contribution in [0.4, 0.5) is 5.69 Å². The van der Waals surface area contributed by atoms with Crippen molar-refractivity contribution in [2.75, 3.05) is 18.5 Å². The predicted molar refractivity (Wildman–Crippen MR) is 142 cm³/mol. The van der Waals surface area contributed by atoms with Gasteiger partial charge in [-0.1, -0.05) is 50.1 Å². The van der Waals surface area contributed by atoms with Crippen molar-refractivity contribution in [2.24, 2.45) is 0 Å². The van der Waals surface area contributed by atoms with Crippen LogP contribution in [0.5, 0.6) is 11.5 Å². The average Bonchev–Trinajstić information content (AvgIpc) is 2.82. The maximum Gasteiger partial charge on any atom is 0.266 e. The molecule has 0 saturated carbocycles. The van der Waals surface area contributed by atoms with Crippen LogP contribution in [0.2, 0.25) is 0 Å². The highest BCUT2D eigenvalue weighted by molar-refractivity contribution is 9.10. The van der Waals surface area contributed by atoms with Gasteiger partial charge in [0.1, 0.15) is 23.1 Å². The minimum absolute atomic E-state index is 0.0122. The number of carbonyl (C=O) groups excluding carboxylic acids is 1. The minimum Gasteiger partial charge on any atom is -0.494 e. The first-order valence-electron chi connectivity index (χ1n) is 10.8. The fourth-order valence-corrected chi connectivity index (χ4v) is 4.34. The number of nitriles is 1. The zero-order valence-corrected chi connectivity index (χ0v) is 22.1. The summed E-state index contributed by atoms with van der Waals surface area (Å²) in [7, 11) is 0. The van der Waals surface area contributed by atoms with Crippen molar-refractivity contribution in [3.8, 4) is 17.6 Å². The van der Waals surface area contributed by atoms with Gasteiger partial charge in [0.05, 0.1) is 13.2 Å². The number of rotatable bonds is 9. The van der Waals surface area contributed by atoms with Crippen LogP contribution in [0.15, 0.2) is 75.2 Å². The van der Waals surface area contributed by atoms with E-state index < -0.39 is 5.91 Å². The minimum atomic E-state index is -0.488. The molecule has 0 atom stereocenters. The largest absolute Gasteiger partial charge is 0.494 e. The molecule has 0 radical (unpaired) electrons. The van der Waals surface area contributed by atoms with E-state index in [1.165, 1.54) is 0 Å². The molecule has 174 valence electrons. The van der Waals surface area contributed by atoms with Gasteiger partial charge in [-0.15, -0.1) is 0 Å². The molecular formula is C27H24Br2N2O3. The van der Waals surface area contributed by atoms with Crippen LogP contribution >= 0.6 is 31.9 Å². The molecule has 7 heteroatoms. The Morgan fingerprint density at radius 1 is 1.00 bits per heavy atom. The van der Waals surface area contributed by atoms with Crippen molar-refractivity contribution in [1.29, 1.82) is 5.26 Å². The first-order valence-corrected chi connectivity index (χ1v) is 12.4. The first kappa shape index (κ1) is 25.5. The van der Waals surface area contributed by atoms with Gasteiger partial charge in [0.25, 0.3) is 5.91 Å². The lowest BCUT2D eigenvalue weighted by atomic mass is 10.0. The number of hydrogen-bond acceptors (Lipinski definition) is 4. The third-order valence-corrected chi connectivity index (χ3v) is 6.38. The third kappa shape index (κ3) is 6.72. The Kier molecular flexibility index (Phi) is 9.32. The lowest BCUT2D eigenvalue weighted by molar-refractivity contribution is -0.112. The number of anilines is 1. The van der Waals surface area contributed by atoms with E-state index in [-0.39, 0.29) is 5.57 Å². The predicted octanol–water partition coefficient (Wildman–Crippen LogP) is 7.15. The van der Waals surface area contributed by atoms with Gasteiger partial charge in [-0.2, -0.15) is 5.26 Å². The van der Waals surface area contributed by atoms with Gasteiger partial charge in [0.2, 0.25) is 0 Å². The van der Waals surface area contributed by atoms with E-state index in [0.29, 0.717) is 42.4 Å². The van der Waals surface area contributed by atoms with Gasteiger partial charge in [0.15, 0.2) is 0 Å². The lowest BCUT2D eigenvalue weighted by Gasteiger charge is -2.15. The van der Waals surface area contributed by atoms with Gasteiger partial charge in [0, 0.05) is 26.6 Å². The van der Waals surface area contributed by atoms with Gasteiger partial charge in [-0.3, -0.25) is 4.79 Å².